The van der Waals surface area contributed by atoms with Crippen LogP contribution in [0.1, 0.15) is 5.56 Å². The lowest BCUT2D eigenvalue weighted by Crippen LogP contribution is -2.16. The van der Waals surface area contributed by atoms with Crippen molar-refractivity contribution in [2.45, 2.75) is 12.1 Å². The maximum absolute atomic E-state index is 12.6. The lowest BCUT2D eigenvalue weighted by molar-refractivity contribution is -0.113. The molecule has 2 aromatic heterocycles. The van der Waals surface area contributed by atoms with Crippen LogP contribution < -0.4 is 11.2 Å². The summed E-state index contributed by atoms with van der Waals surface area (Å²) < 4.78 is 1.36. The molecule has 0 aliphatic heterocycles. The molecule has 0 bridgehead atoms. The number of nitrogens with two attached hydrogens (primary N) is 1. The van der Waals surface area contributed by atoms with Gasteiger partial charge in [0.1, 0.15) is 5.69 Å². The highest BCUT2D eigenvalue weighted by Crippen LogP contribution is 2.26. The normalized spacial score (nSPS) is 11.1. The molecular weight excluding hydrogens is 434 g/mol. The van der Waals surface area contributed by atoms with Crippen LogP contribution in [0.2, 0.25) is 0 Å². The highest BCUT2D eigenvalue weighted by Gasteiger charge is 2.16. The van der Waals surface area contributed by atoms with Crippen molar-refractivity contribution < 1.29 is 4.79 Å². The third-order valence-electron chi connectivity index (χ3n) is 5.23. The summed E-state index contributed by atoms with van der Waals surface area (Å²) in [6.07, 6.45) is 0. The second-order valence-corrected chi connectivity index (χ2v) is 8.52. The van der Waals surface area contributed by atoms with E-state index in [9.17, 15) is 4.79 Å². The summed E-state index contributed by atoms with van der Waals surface area (Å²) in [5.74, 6) is 6.65. The summed E-state index contributed by atoms with van der Waals surface area (Å²) in [5.41, 5.74) is 4.38. The first-order chi connectivity index (χ1) is 16.1. The number of nitrogens with one attached hydrogen (secondary N) is 2. The van der Waals surface area contributed by atoms with Gasteiger partial charge in [-0.25, -0.2) is 4.68 Å². The summed E-state index contributed by atoms with van der Waals surface area (Å²) >= 11 is 1.22. The SMILES string of the molecule is Cc1ccc(-c2cc(-c3nnc(SCC(=O)Nc4cccc5ccccc45)n3N)[nH]n2)cc1. The van der Waals surface area contributed by atoms with Gasteiger partial charge in [0.25, 0.3) is 0 Å². The number of hydrogen-bond donors (Lipinski definition) is 3. The van der Waals surface area contributed by atoms with Gasteiger partial charge in [-0.1, -0.05) is 78.0 Å². The second kappa shape index (κ2) is 8.79. The molecular formula is C24H21N7OS. The van der Waals surface area contributed by atoms with Crippen LogP contribution in [0, 0.1) is 6.92 Å². The zero-order chi connectivity index (χ0) is 22.8. The molecule has 0 aliphatic carbocycles. The maximum Gasteiger partial charge on any atom is 0.234 e. The van der Waals surface area contributed by atoms with Crippen molar-refractivity contribution >= 4 is 34.1 Å². The molecule has 3 aromatic carbocycles. The van der Waals surface area contributed by atoms with Crippen LogP contribution in [0.5, 0.6) is 0 Å². The van der Waals surface area contributed by atoms with Gasteiger partial charge in [-0.2, -0.15) is 5.10 Å². The second-order valence-electron chi connectivity index (χ2n) is 7.57. The number of anilines is 1. The molecule has 5 aromatic rings. The van der Waals surface area contributed by atoms with E-state index >= 15 is 0 Å². The summed E-state index contributed by atoms with van der Waals surface area (Å²) in [6.45, 7) is 2.04. The Kier molecular flexibility index (Phi) is 5.54. The summed E-state index contributed by atoms with van der Waals surface area (Å²) in [6, 6.07) is 23.7. The van der Waals surface area contributed by atoms with Crippen molar-refractivity contribution in [2.75, 3.05) is 16.9 Å². The number of aryl methyl sites for hydroxylation is 1. The van der Waals surface area contributed by atoms with E-state index in [4.69, 9.17) is 5.84 Å². The molecule has 0 spiro atoms. The van der Waals surface area contributed by atoms with Gasteiger partial charge in [0.05, 0.1) is 11.4 Å². The van der Waals surface area contributed by atoms with Gasteiger partial charge in [0.15, 0.2) is 0 Å². The van der Waals surface area contributed by atoms with Crippen LogP contribution in [-0.4, -0.2) is 36.7 Å². The van der Waals surface area contributed by atoms with E-state index in [2.05, 4.69) is 25.7 Å². The first-order valence-electron chi connectivity index (χ1n) is 10.3. The Labute approximate surface area is 194 Å². The molecule has 9 heteroatoms. The standard InChI is InChI=1S/C24H21N7OS/c1-15-9-11-17(12-10-15)20-13-21(28-27-20)23-29-30-24(31(23)25)33-14-22(32)26-19-8-4-6-16-5-2-3-7-18(16)19/h2-13H,14,25H2,1H3,(H,26,32)(H,27,28). The van der Waals surface area contributed by atoms with Crippen LogP contribution >= 0.6 is 11.8 Å². The van der Waals surface area contributed by atoms with Crippen molar-refractivity contribution in [1.29, 1.82) is 0 Å². The summed E-state index contributed by atoms with van der Waals surface area (Å²) in [7, 11) is 0. The number of aromatic nitrogens is 5. The van der Waals surface area contributed by atoms with E-state index in [1.54, 1.807) is 0 Å². The van der Waals surface area contributed by atoms with E-state index < -0.39 is 0 Å². The number of nitrogen functional groups attached to an aromatic ring is 1. The Morgan fingerprint density at radius 1 is 1.06 bits per heavy atom. The van der Waals surface area contributed by atoms with Crippen molar-refractivity contribution in [2.24, 2.45) is 0 Å². The van der Waals surface area contributed by atoms with Gasteiger partial charge in [-0.15, -0.1) is 10.2 Å². The first-order valence-corrected chi connectivity index (χ1v) is 11.3. The fourth-order valence-corrected chi connectivity index (χ4v) is 4.17. The third-order valence-corrected chi connectivity index (χ3v) is 6.17. The van der Waals surface area contributed by atoms with Crippen LogP contribution in [0.15, 0.2) is 78.0 Å². The number of aromatic amines is 1. The van der Waals surface area contributed by atoms with E-state index in [1.165, 1.54) is 22.0 Å². The van der Waals surface area contributed by atoms with Gasteiger partial charge in [-0.3, -0.25) is 9.89 Å². The number of hydrogen-bond acceptors (Lipinski definition) is 6. The minimum atomic E-state index is -0.149. The van der Waals surface area contributed by atoms with Crippen molar-refractivity contribution in [3.63, 3.8) is 0 Å². The molecule has 0 atom stereocenters. The molecule has 0 saturated heterocycles. The Balaban J connectivity index is 1.27. The zero-order valence-electron chi connectivity index (χ0n) is 17.8. The molecule has 1 amide bonds. The molecule has 0 fully saturated rings. The molecule has 0 aliphatic rings. The number of fused-ring (bicyclic) bond motifs is 1. The number of carbonyl (C=O) groups excluding carboxylic acids is 1. The minimum Gasteiger partial charge on any atom is -0.335 e. The van der Waals surface area contributed by atoms with Gasteiger partial charge >= 0.3 is 0 Å². The number of benzene rings is 3. The monoisotopic (exact) mass is 455 g/mol. The average molecular weight is 456 g/mol. The smallest absolute Gasteiger partial charge is 0.234 e. The third kappa shape index (κ3) is 4.31. The molecule has 0 unspecified atom stereocenters. The molecule has 33 heavy (non-hydrogen) atoms. The lowest BCUT2D eigenvalue weighted by atomic mass is 10.1. The number of amides is 1. The predicted molar refractivity (Wildman–Crippen MR) is 131 cm³/mol. The number of H-pyrrole nitrogens is 1. The fourth-order valence-electron chi connectivity index (χ4n) is 3.52. The van der Waals surface area contributed by atoms with Crippen LogP contribution in [0.25, 0.3) is 33.5 Å². The van der Waals surface area contributed by atoms with E-state index in [0.29, 0.717) is 16.7 Å². The Morgan fingerprint density at radius 2 is 1.85 bits per heavy atom. The highest BCUT2D eigenvalue weighted by molar-refractivity contribution is 7.99. The zero-order valence-corrected chi connectivity index (χ0v) is 18.6. The fraction of sp³-hybridized carbons (Fsp3) is 0.0833. The summed E-state index contributed by atoms with van der Waals surface area (Å²) in [4.78, 5) is 12.6. The van der Waals surface area contributed by atoms with Gasteiger partial charge < -0.3 is 11.2 Å². The van der Waals surface area contributed by atoms with Crippen LogP contribution in [-0.2, 0) is 4.79 Å². The van der Waals surface area contributed by atoms with Crippen LogP contribution in [0.4, 0.5) is 5.69 Å². The van der Waals surface area contributed by atoms with Gasteiger partial charge in [-0.05, 0) is 24.4 Å². The number of thioether (sulfide) groups is 1. The van der Waals surface area contributed by atoms with E-state index in [1.807, 2.05) is 79.7 Å². The first kappa shape index (κ1) is 20.8. The predicted octanol–water partition coefficient (Wildman–Crippen LogP) is 4.24. The Morgan fingerprint density at radius 3 is 2.70 bits per heavy atom. The molecule has 8 nitrogen and oxygen atoms in total. The van der Waals surface area contributed by atoms with Crippen molar-refractivity contribution in [1.82, 2.24) is 25.1 Å². The Hall–Kier alpha value is -4.11. The molecule has 0 radical (unpaired) electrons. The molecule has 4 N–H and O–H groups in total. The maximum atomic E-state index is 12.6. The number of rotatable bonds is 6. The average Bonchev–Trinajstić information content (AvgIpc) is 3.45. The molecule has 164 valence electrons. The molecule has 5 rings (SSSR count). The quantitative estimate of drug-likeness (QED) is 0.261. The number of carbonyl (C=O) groups is 1. The van der Waals surface area contributed by atoms with Gasteiger partial charge in [0, 0.05) is 16.6 Å². The van der Waals surface area contributed by atoms with E-state index in [-0.39, 0.29) is 11.7 Å². The molecule has 0 saturated carbocycles. The topological polar surface area (TPSA) is 115 Å². The summed E-state index contributed by atoms with van der Waals surface area (Å²) in [5, 5.41) is 21.1. The van der Waals surface area contributed by atoms with Crippen molar-refractivity contribution in [3.05, 3.63) is 78.4 Å². The highest BCUT2D eigenvalue weighted by atomic mass is 32.2. The number of nitrogens with zero attached hydrogens (tertiary/aromatic N) is 4. The largest absolute Gasteiger partial charge is 0.335 e. The minimum absolute atomic E-state index is 0.149. The molecule has 2 heterocycles. The lowest BCUT2D eigenvalue weighted by Gasteiger charge is -2.08. The Bertz CT molecular complexity index is 1430. The van der Waals surface area contributed by atoms with Crippen molar-refractivity contribution in [3.8, 4) is 22.8 Å². The van der Waals surface area contributed by atoms with Crippen LogP contribution in [0.3, 0.4) is 0 Å². The van der Waals surface area contributed by atoms with Gasteiger partial charge in [0.2, 0.25) is 16.9 Å². The van der Waals surface area contributed by atoms with E-state index in [0.717, 1.165) is 27.7 Å².